The molecule has 11 heteroatoms. The first kappa shape index (κ1) is 29.0. The number of rotatable bonds is 7. The van der Waals surface area contributed by atoms with Crippen LogP contribution in [0.4, 0.5) is 0 Å². The Hall–Kier alpha value is -3.56. The van der Waals surface area contributed by atoms with Crippen LogP contribution in [0.5, 0.6) is 0 Å². The molecule has 2 heterocycles. The largest absolute Gasteiger partial charge is 0.336 e. The van der Waals surface area contributed by atoms with E-state index in [1.807, 2.05) is 24.3 Å². The van der Waals surface area contributed by atoms with E-state index in [1.54, 1.807) is 24.3 Å². The third-order valence-corrected chi connectivity index (χ3v) is 11.7. The fourth-order valence-corrected chi connectivity index (χ4v) is 8.56. The second kappa shape index (κ2) is 12.1. The van der Waals surface area contributed by atoms with Crippen molar-refractivity contribution in [1.82, 2.24) is 13.5 Å². The number of piperidine rings is 1. The number of nitriles is 1. The molecule has 0 bridgehead atoms. The molecule has 0 unspecified atom stereocenters. The lowest BCUT2D eigenvalue weighted by Gasteiger charge is -2.34. The van der Waals surface area contributed by atoms with Crippen LogP contribution < -0.4 is 0 Å². The molecule has 3 aromatic carbocycles. The van der Waals surface area contributed by atoms with Crippen LogP contribution >= 0.6 is 0 Å². The minimum absolute atomic E-state index is 0.0516. The van der Waals surface area contributed by atoms with Crippen LogP contribution in [-0.2, 0) is 26.5 Å². The van der Waals surface area contributed by atoms with Gasteiger partial charge in [0.05, 0.1) is 15.4 Å². The molecule has 0 saturated carbocycles. The average Bonchev–Trinajstić information content (AvgIpc) is 3.01. The highest BCUT2D eigenvalue weighted by Crippen LogP contribution is 2.27. The van der Waals surface area contributed by atoms with Gasteiger partial charge < -0.3 is 4.90 Å². The molecule has 0 aliphatic carbocycles. The highest BCUT2D eigenvalue weighted by molar-refractivity contribution is 7.89. The summed E-state index contributed by atoms with van der Waals surface area (Å²) >= 11 is 0. The molecule has 2 fully saturated rings. The minimum Gasteiger partial charge on any atom is -0.336 e. The van der Waals surface area contributed by atoms with Crippen LogP contribution in [0, 0.1) is 17.2 Å². The van der Waals surface area contributed by atoms with Crippen LogP contribution in [0.25, 0.3) is 0 Å². The van der Waals surface area contributed by atoms with Crippen LogP contribution in [0.15, 0.2) is 88.7 Å². The minimum atomic E-state index is -3.89. The molecule has 0 N–H and O–H groups in total. The number of hydrogen-bond donors (Lipinski definition) is 0. The molecule has 0 atom stereocenters. The van der Waals surface area contributed by atoms with Crippen molar-refractivity contribution in [3.05, 3.63) is 95.6 Å². The maximum Gasteiger partial charge on any atom is 0.253 e. The predicted molar refractivity (Wildman–Crippen MR) is 154 cm³/mol. The average molecular weight is 593 g/mol. The number of carbonyl (C=O) groups excluding carboxylic acids is 1. The number of amides is 1. The summed E-state index contributed by atoms with van der Waals surface area (Å²) in [5, 5.41) is 9.32. The number of benzene rings is 3. The number of sulfonamides is 2. The number of nitrogens with zero attached hydrogens (tertiary/aromatic N) is 4. The highest BCUT2D eigenvalue weighted by atomic mass is 32.2. The van der Waals surface area contributed by atoms with Crippen LogP contribution in [0.3, 0.4) is 0 Å². The van der Waals surface area contributed by atoms with Crippen molar-refractivity contribution in [3.8, 4) is 6.07 Å². The fraction of sp³-hybridized carbons (Fsp3) is 0.333. The fourth-order valence-electron chi connectivity index (χ4n) is 5.48. The first-order chi connectivity index (χ1) is 19.7. The van der Waals surface area contributed by atoms with E-state index < -0.39 is 20.0 Å². The van der Waals surface area contributed by atoms with Crippen molar-refractivity contribution in [2.75, 3.05) is 39.3 Å². The van der Waals surface area contributed by atoms with Gasteiger partial charge in [-0.1, -0.05) is 48.5 Å². The van der Waals surface area contributed by atoms with Crippen molar-refractivity contribution < 1.29 is 21.6 Å². The van der Waals surface area contributed by atoms with Crippen LogP contribution in [0.2, 0.25) is 0 Å². The number of hydrogen-bond acceptors (Lipinski definition) is 6. The van der Waals surface area contributed by atoms with Gasteiger partial charge in [0.2, 0.25) is 20.0 Å². The van der Waals surface area contributed by atoms with Gasteiger partial charge in [-0.15, -0.1) is 0 Å². The van der Waals surface area contributed by atoms with Gasteiger partial charge >= 0.3 is 0 Å². The van der Waals surface area contributed by atoms with Gasteiger partial charge in [-0.3, -0.25) is 4.79 Å². The van der Waals surface area contributed by atoms with Gasteiger partial charge in [-0.2, -0.15) is 13.9 Å². The van der Waals surface area contributed by atoms with E-state index in [9.17, 15) is 26.9 Å². The molecular weight excluding hydrogens is 560 g/mol. The third-order valence-electron chi connectivity index (χ3n) is 7.81. The molecule has 0 spiro atoms. The zero-order valence-corrected chi connectivity index (χ0v) is 24.2. The zero-order valence-electron chi connectivity index (χ0n) is 22.6. The van der Waals surface area contributed by atoms with Crippen molar-refractivity contribution in [2.45, 2.75) is 29.1 Å². The summed E-state index contributed by atoms with van der Waals surface area (Å²) in [6.07, 6.45) is 2.48. The molecular formula is C30H32N4O5S2. The summed E-state index contributed by atoms with van der Waals surface area (Å²) in [7, 11) is -7.65. The van der Waals surface area contributed by atoms with Crippen molar-refractivity contribution in [2.24, 2.45) is 5.92 Å². The highest BCUT2D eigenvalue weighted by Gasteiger charge is 2.33. The summed E-state index contributed by atoms with van der Waals surface area (Å²) < 4.78 is 55.9. The SMILES string of the molecule is N#Cc1ccccc1S(=O)(=O)N1CCN(C(=O)c2cccc(S(=O)(=O)N3CCC(Cc4ccccc4)CC3)c2)CC1. The lowest BCUT2D eigenvalue weighted by molar-refractivity contribution is 0.0697. The molecule has 41 heavy (non-hydrogen) atoms. The summed E-state index contributed by atoms with van der Waals surface area (Å²) in [5.41, 5.74) is 1.58. The monoisotopic (exact) mass is 592 g/mol. The van der Waals surface area contributed by atoms with Gasteiger partial charge in [-0.05, 0) is 61.1 Å². The predicted octanol–water partition coefficient (Wildman–Crippen LogP) is 3.35. The van der Waals surface area contributed by atoms with E-state index >= 15 is 0 Å². The third kappa shape index (κ3) is 6.21. The Morgan fingerprint density at radius 2 is 1.39 bits per heavy atom. The molecule has 3 aromatic rings. The van der Waals surface area contributed by atoms with Crippen LogP contribution in [0.1, 0.15) is 34.3 Å². The summed E-state index contributed by atoms with van der Waals surface area (Å²) in [6, 6.07) is 24.3. The quantitative estimate of drug-likeness (QED) is 0.415. The summed E-state index contributed by atoms with van der Waals surface area (Å²) in [6.45, 7) is 1.32. The first-order valence-corrected chi connectivity index (χ1v) is 16.5. The summed E-state index contributed by atoms with van der Waals surface area (Å²) in [4.78, 5) is 14.9. The van der Waals surface area contributed by atoms with Gasteiger partial charge in [0.1, 0.15) is 6.07 Å². The molecule has 0 radical (unpaired) electrons. The molecule has 1 amide bonds. The second-order valence-electron chi connectivity index (χ2n) is 10.4. The Labute approximate surface area is 241 Å². The van der Waals surface area contributed by atoms with Crippen molar-refractivity contribution >= 4 is 26.0 Å². The second-order valence-corrected chi connectivity index (χ2v) is 14.2. The standard InChI is InChI=1S/C30H32N4O5S2/c31-23-27-9-4-5-12-29(27)41(38,39)34-19-17-32(18-20-34)30(35)26-10-6-11-28(22-26)40(36,37)33-15-13-25(14-16-33)21-24-7-2-1-3-8-24/h1-12,22,25H,13-21H2. The smallest absolute Gasteiger partial charge is 0.253 e. The maximum atomic E-state index is 13.4. The van der Waals surface area contributed by atoms with E-state index in [0.29, 0.717) is 19.0 Å². The Kier molecular flexibility index (Phi) is 8.56. The molecule has 9 nitrogen and oxygen atoms in total. The van der Waals surface area contributed by atoms with Gasteiger partial charge in [-0.25, -0.2) is 16.8 Å². The molecule has 2 saturated heterocycles. The molecule has 2 aliphatic rings. The Bertz CT molecular complexity index is 1650. The topological polar surface area (TPSA) is 119 Å². The normalized spacial score (nSPS) is 17.7. The van der Waals surface area contributed by atoms with Crippen molar-refractivity contribution in [1.29, 1.82) is 5.26 Å². The van der Waals surface area contributed by atoms with E-state index in [2.05, 4.69) is 12.1 Å². The van der Waals surface area contributed by atoms with E-state index in [4.69, 9.17) is 0 Å². The molecule has 2 aliphatic heterocycles. The van der Waals surface area contributed by atoms with Gasteiger partial charge in [0.25, 0.3) is 5.91 Å². The van der Waals surface area contributed by atoms with Crippen LogP contribution in [-0.4, -0.2) is 75.5 Å². The van der Waals surface area contributed by atoms with Crippen molar-refractivity contribution in [3.63, 3.8) is 0 Å². The number of piperazine rings is 1. The Balaban J connectivity index is 1.22. The van der Waals surface area contributed by atoms with E-state index in [1.165, 1.54) is 43.3 Å². The maximum absolute atomic E-state index is 13.4. The Morgan fingerprint density at radius 3 is 2.07 bits per heavy atom. The van der Waals surface area contributed by atoms with E-state index in [0.717, 1.165) is 19.3 Å². The molecule has 0 aromatic heterocycles. The van der Waals surface area contributed by atoms with Gasteiger partial charge in [0, 0.05) is 44.8 Å². The lowest BCUT2D eigenvalue weighted by atomic mass is 9.91. The van der Waals surface area contributed by atoms with E-state index in [-0.39, 0.29) is 53.0 Å². The molecule has 214 valence electrons. The van der Waals surface area contributed by atoms with Gasteiger partial charge in [0.15, 0.2) is 0 Å². The molecule has 5 rings (SSSR count). The number of carbonyl (C=O) groups is 1. The zero-order chi connectivity index (χ0) is 29.0. The lowest BCUT2D eigenvalue weighted by Crippen LogP contribution is -2.50. The summed E-state index contributed by atoms with van der Waals surface area (Å²) in [5.74, 6) is 0.0747. The Morgan fingerprint density at radius 1 is 0.756 bits per heavy atom. The first-order valence-electron chi connectivity index (χ1n) is 13.6.